The fraction of sp³-hybridized carbons (Fsp3) is 0.394. The highest BCUT2D eigenvalue weighted by Crippen LogP contribution is 2.46. The number of urea groups is 1. The van der Waals surface area contributed by atoms with E-state index in [9.17, 15) is 26.4 Å². The Hall–Kier alpha value is -3.11. The highest BCUT2D eigenvalue weighted by atomic mass is 35.5. The van der Waals surface area contributed by atoms with Crippen molar-refractivity contribution in [3.05, 3.63) is 99.0 Å². The number of aliphatic imine (C=N–C) groups is 1. The van der Waals surface area contributed by atoms with Crippen LogP contribution in [0.15, 0.2) is 71.7 Å². The van der Waals surface area contributed by atoms with Gasteiger partial charge in [-0.2, -0.15) is 21.6 Å². The molecule has 10 nitrogen and oxygen atoms in total. The number of carbonyl (C=O) groups excluding carboxylic acids is 1. The number of rotatable bonds is 8. The molecular weight excluding hydrogens is 742 g/mol. The molecule has 2 aliphatic heterocycles. The maximum absolute atomic E-state index is 14.5. The van der Waals surface area contributed by atoms with Crippen LogP contribution in [0.4, 0.5) is 18.0 Å². The lowest BCUT2D eigenvalue weighted by Crippen LogP contribution is -2.54. The van der Waals surface area contributed by atoms with Crippen LogP contribution in [0, 0.1) is 0 Å². The first-order valence-electron chi connectivity index (χ1n) is 15.4. The van der Waals surface area contributed by atoms with Gasteiger partial charge < -0.3 is 15.0 Å². The predicted molar refractivity (Wildman–Crippen MR) is 191 cm³/mol. The molecule has 2 aliphatic rings. The molecule has 1 fully saturated rings. The van der Waals surface area contributed by atoms with Crippen molar-refractivity contribution in [3.63, 3.8) is 0 Å². The predicted octanol–water partition coefficient (Wildman–Crippen LogP) is 6.84. The van der Waals surface area contributed by atoms with Crippen molar-refractivity contribution >= 4 is 57.6 Å². The lowest BCUT2D eigenvalue weighted by Gasteiger charge is -2.39. The van der Waals surface area contributed by atoms with Crippen molar-refractivity contribution in [1.82, 2.24) is 20.0 Å². The van der Waals surface area contributed by atoms with Crippen molar-refractivity contribution < 1.29 is 35.7 Å². The molecule has 0 saturated carbocycles. The Kier molecular flexibility index (Phi) is 14.8. The summed E-state index contributed by atoms with van der Waals surface area (Å²) in [6, 6.07) is 15.2. The van der Waals surface area contributed by atoms with Gasteiger partial charge in [-0.3, -0.25) is 19.3 Å². The number of nitrogens with zero attached hydrogens (tertiary/aromatic N) is 4. The summed E-state index contributed by atoms with van der Waals surface area (Å²) in [4.78, 5) is 24.4. The maximum atomic E-state index is 14.5. The highest BCUT2D eigenvalue weighted by Gasteiger charge is 2.45. The summed E-state index contributed by atoms with van der Waals surface area (Å²) in [7, 11) is -0.398. The van der Waals surface area contributed by atoms with Gasteiger partial charge in [0.05, 0.1) is 29.5 Å². The number of nitrogens with one attached hydrogen (secondary N) is 1. The Morgan fingerprint density at radius 2 is 1.50 bits per heavy atom. The van der Waals surface area contributed by atoms with Crippen molar-refractivity contribution in [2.45, 2.75) is 25.2 Å². The topological polar surface area (TPSA) is 115 Å². The Labute approximate surface area is 306 Å². The maximum Gasteiger partial charge on any atom is 0.416 e. The minimum absolute atomic E-state index is 0. The van der Waals surface area contributed by atoms with Crippen molar-refractivity contribution in [2.75, 3.05) is 59.2 Å². The lowest BCUT2D eigenvalue weighted by atomic mass is 9.93. The molecule has 2 unspecified atom stereocenters. The second kappa shape index (κ2) is 17.9. The van der Waals surface area contributed by atoms with E-state index in [0.717, 1.165) is 17.7 Å². The van der Waals surface area contributed by atoms with E-state index in [-0.39, 0.29) is 55.8 Å². The van der Waals surface area contributed by atoms with Gasteiger partial charge in [0.1, 0.15) is 17.6 Å². The van der Waals surface area contributed by atoms with E-state index in [0.29, 0.717) is 28.7 Å². The Balaban J connectivity index is 0.00000163. The van der Waals surface area contributed by atoms with Gasteiger partial charge in [0.25, 0.3) is 10.1 Å². The molecule has 274 valence electrons. The largest absolute Gasteiger partial charge is 0.493 e. The SMILES string of the molecule is CCOc1cc(C(F)(F)F)ccc1C1=NC(c2ccc(Cl)cc2)C(c2ccc(Cl)cc2)N1C(=O)N1CCN(CCS(=O)(=O)O)CC1.CNC.Cl. The van der Waals surface area contributed by atoms with E-state index in [2.05, 4.69) is 5.32 Å². The molecule has 50 heavy (non-hydrogen) atoms. The number of alkyl halides is 3. The Morgan fingerprint density at radius 3 is 2.00 bits per heavy atom. The second-order valence-corrected chi connectivity index (χ2v) is 13.8. The van der Waals surface area contributed by atoms with Crippen molar-refractivity contribution in [2.24, 2.45) is 4.99 Å². The molecule has 3 aromatic carbocycles. The molecule has 0 spiro atoms. The molecule has 2 atom stereocenters. The van der Waals surface area contributed by atoms with Crippen molar-refractivity contribution in [3.8, 4) is 5.75 Å². The highest BCUT2D eigenvalue weighted by molar-refractivity contribution is 7.85. The average Bonchev–Trinajstić information content (AvgIpc) is 3.44. The molecule has 0 aromatic heterocycles. The molecule has 0 bridgehead atoms. The van der Waals surface area contributed by atoms with Gasteiger partial charge in [-0.05, 0) is 74.6 Å². The van der Waals surface area contributed by atoms with Gasteiger partial charge in [0.2, 0.25) is 0 Å². The molecular formula is C33H39Cl3F3N5O5S. The molecule has 5 rings (SSSR count). The average molecular weight is 781 g/mol. The standard InChI is InChI=1S/C31H31Cl2F3N4O5S.C2H7N.ClH/c1-2-45-26-19-22(31(34,35)36)7-12-25(26)29-37-27(20-3-8-23(32)9-4-20)28(21-5-10-24(33)11-6-21)40(29)30(41)39-15-13-38(14-16-39)17-18-46(42,43)44;1-3-2;/h3-12,19,27-28H,2,13-18H2,1H3,(H,42,43,44);3H,1-2H3;1H. The quantitative estimate of drug-likeness (QED) is 0.241. The zero-order valence-corrected chi connectivity index (χ0v) is 30.7. The molecule has 2 heterocycles. The third-order valence-corrected chi connectivity index (χ3v) is 9.06. The van der Waals surface area contributed by atoms with Gasteiger partial charge >= 0.3 is 12.2 Å². The number of ether oxygens (including phenoxy) is 1. The van der Waals surface area contributed by atoms with Crippen LogP contribution in [0.25, 0.3) is 0 Å². The monoisotopic (exact) mass is 779 g/mol. The number of piperazine rings is 1. The molecule has 1 saturated heterocycles. The van der Waals surface area contributed by atoms with E-state index < -0.39 is 45.7 Å². The molecule has 17 heteroatoms. The van der Waals surface area contributed by atoms with Crippen LogP contribution in [0.3, 0.4) is 0 Å². The van der Waals surface area contributed by atoms with Gasteiger partial charge in [-0.15, -0.1) is 12.4 Å². The van der Waals surface area contributed by atoms with Crippen LogP contribution in [0.5, 0.6) is 5.75 Å². The first-order valence-corrected chi connectivity index (χ1v) is 17.8. The third-order valence-electron chi connectivity index (χ3n) is 7.85. The second-order valence-electron chi connectivity index (χ2n) is 11.4. The first kappa shape index (κ1) is 41.3. The number of carbonyl (C=O) groups is 1. The van der Waals surface area contributed by atoms with Crippen LogP contribution >= 0.6 is 35.6 Å². The number of amides is 2. The Bertz CT molecular complexity index is 1720. The van der Waals surface area contributed by atoms with Crippen LogP contribution in [-0.2, 0) is 16.3 Å². The lowest BCUT2D eigenvalue weighted by molar-refractivity contribution is -0.137. The molecule has 2 amide bonds. The van der Waals surface area contributed by atoms with Crippen LogP contribution in [0.2, 0.25) is 10.0 Å². The molecule has 0 aliphatic carbocycles. The minimum atomic E-state index is -4.62. The smallest absolute Gasteiger partial charge is 0.416 e. The van der Waals surface area contributed by atoms with E-state index >= 15 is 0 Å². The molecule has 2 N–H and O–H groups in total. The number of benzene rings is 3. The van der Waals surface area contributed by atoms with Gasteiger partial charge in [-0.1, -0.05) is 47.5 Å². The summed E-state index contributed by atoms with van der Waals surface area (Å²) in [5.74, 6) is -0.370. The van der Waals surface area contributed by atoms with Gasteiger partial charge in [0, 0.05) is 42.8 Å². The summed E-state index contributed by atoms with van der Waals surface area (Å²) < 4.78 is 78.5. The summed E-state index contributed by atoms with van der Waals surface area (Å²) >= 11 is 12.4. The fourth-order valence-electron chi connectivity index (χ4n) is 5.57. The third kappa shape index (κ3) is 10.5. The minimum Gasteiger partial charge on any atom is -0.493 e. The van der Waals surface area contributed by atoms with Crippen LogP contribution in [-0.4, -0.2) is 98.7 Å². The number of hydrogen-bond donors (Lipinski definition) is 2. The molecule has 0 radical (unpaired) electrons. The number of hydrogen-bond acceptors (Lipinski definition) is 7. The summed E-state index contributed by atoms with van der Waals surface area (Å²) in [5, 5.41) is 3.72. The normalized spacial score (nSPS) is 18.1. The molecule has 3 aromatic rings. The zero-order valence-electron chi connectivity index (χ0n) is 27.5. The van der Waals surface area contributed by atoms with E-state index in [4.69, 9.17) is 37.5 Å². The summed E-state index contributed by atoms with van der Waals surface area (Å²) in [6.45, 7) is 2.99. The zero-order chi connectivity index (χ0) is 35.9. The number of halogens is 6. The summed E-state index contributed by atoms with van der Waals surface area (Å²) in [6.07, 6.45) is -4.62. The van der Waals surface area contributed by atoms with E-state index in [1.807, 2.05) is 19.0 Å². The van der Waals surface area contributed by atoms with Crippen molar-refractivity contribution in [1.29, 1.82) is 0 Å². The fourth-order valence-corrected chi connectivity index (χ4v) is 6.31. The van der Waals surface area contributed by atoms with Crippen LogP contribution < -0.4 is 10.1 Å². The Morgan fingerprint density at radius 1 is 0.960 bits per heavy atom. The van der Waals surface area contributed by atoms with E-state index in [1.54, 1.807) is 60.4 Å². The summed E-state index contributed by atoms with van der Waals surface area (Å²) in [5.41, 5.74) is 0.719. The van der Waals surface area contributed by atoms with E-state index in [1.165, 1.54) is 11.0 Å². The number of amidine groups is 1. The van der Waals surface area contributed by atoms with Gasteiger partial charge in [0.15, 0.2) is 0 Å². The van der Waals surface area contributed by atoms with Crippen LogP contribution in [0.1, 0.15) is 41.3 Å². The van der Waals surface area contributed by atoms with Gasteiger partial charge in [-0.25, -0.2) is 4.79 Å². The first-order chi connectivity index (χ1) is 23.2.